The van der Waals surface area contributed by atoms with Gasteiger partial charge in [-0.1, -0.05) is 72.8 Å². The molecule has 1 aliphatic rings. The highest BCUT2D eigenvalue weighted by atomic mass is 16.5. The van der Waals surface area contributed by atoms with E-state index in [9.17, 15) is 4.79 Å². The lowest BCUT2D eigenvalue weighted by molar-refractivity contribution is -0.144. The number of ether oxygens (including phenoxy) is 1. The molecule has 2 aromatic carbocycles. The average molecular weight is 318 g/mol. The maximum atomic E-state index is 12.3. The van der Waals surface area contributed by atoms with Gasteiger partial charge in [0.05, 0.1) is 13.0 Å². The van der Waals surface area contributed by atoms with Gasteiger partial charge in [0.2, 0.25) is 0 Å². The summed E-state index contributed by atoms with van der Waals surface area (Å²) in [5.41, 5.74) is 4.89. The molecule has 0 bridgehead atoms. The third-order valence-electron chi connectivity index (χ3n) is 4.59. The van der Waals surface area contributed by atoms with Crippen LogP contribution in [0.15, 0.2) is 66.7 Å². The van der Waals surface area contributed by atoms with Crippen molar-refractivity contribution >= 4 is 17.6 Å². The Kier molecular flexibility index (Phi) is 4.95. The van der Waals surface area contributed by atoms with Crippen molar-refractivity contribution in [3.05, 3.63) is 83.4 Å². The Morgan fingerprint density at radius 1 is 1.12 bits per heavy atom. The SMILES string of the molecule is COC(=O)[C@H](/C=C/c1ccccc1)[C@@H]1C=C(C)c2ccccc2C1. The molecule has 2 nitrogen and oxygen atoms in total. The molecule has 0 saturated heterocycles. The zero-order chi connectivity index (χ0) is 16.9. The molecule has 0 unspecified atom stereocenters. The van der Waals surface area contributed by atoms with Crippen LogP contribution in [-0.2, 0) is 16.0 Å². The van der Waals surface area contributed by atoms with E-state index in [0.717, 1.165) is 12.0 Å². The lowest BCUT2D eigenvalue weighted by Crippen LogP contribution is -2.26. The number of esters is 1. The van der Waals surface area contributed by atoms with E-state index in [4.69, 9.17) is 4.74 Å². The minimum Gasteiger partial charge on any atom is -0.469 e. The van der Waals surface area contributed by atoms with E-state index in [2.05, 4.69) is 37.3 Å². The first-order valence-corrected chi connectivity index (χ1v) is 8.27. The van der Waals surface area contributed by atoms with Crippen LogP contribution in [-0.4, -0.2) is 13.1 Å². The second-order valence-electron chi connectivity index (χ2n) is 6.19. The van der Waals surface area contributed by atoms with Crippen molar-refractivity contribution in [3.63, 3.8) is 0 Å². The summed E-state index contributed by atoms with van der Waals surface area (Å²) >= 11 is 0. The van der Waals surface area contributed by atoms with Crippen molar-refractivity contribution < 1.29 is 9.53 Å². The molecular formula is C22H22O2. The van der Waals surface area contributed by atoms with Gasteiger partial charge in [0, 0.05) is 0 Å². The largest absolute Gasteiger partial charge is 0.469 e. The van der Waals surface area contributed by atoms with Crippen LogP contribution in [0.5, 0.6) is 0 Å². The molecule has 2 aromatic rings. The first-order chi connectivity index (χ1) is 11.7. The lowest BCUT2D eigenvalue weighted by Gasteiger charge is -2.26. The fraction of sp³-hybridized carbons (Fsp3) is 0.227. The standard InChI is InChI=1S/C22H22O2/c1-16-14-19(15-18-10-6-7-11-20(16)18)21(22(23)24-2)13-12-17-8-4-3-5-9-17/h3-14,19,21H,15H2,1-2H3/b13-12+/t19-,21-/m1/s1. The molecule has 0 aromatic heterocycles. The van der Waals surface area contributed by atoms with E-state index in [1.165, 1.54) is 23.8 Å². The Bertz CT molecular complexity index is 772. The Labute approximate surface area is 143 Å². The molecule has 2 atom stereocenters. The molecule has 0 radical (unpaired) electrons. The summed E-state index contributed by atoms with van der Waals surface area (Å²) in [6.07, 6.45) is 7.04. The van der Waals surface area contributed by atoms with Gasteiger partial charge < -0.3 is 4.74 Å². The second kappa shape index (κ2) is 7.31. The van der Waals surface area contributed by atoms with Crippen molar-refractivity contribution in [1.82, 2.24) is 0 Å². The van der Waals surface area contributed by atoms with Crippen LogP contribution >= 0.6 is 0 Å². The first-order valence-electron chi connectivity index (χ1n) is 8.27. The molecule has 0 N–H and O–H groups in total. The Morgan fingerprint density at radius 3 is 2.58 bits per heavy atom. The van der Waals surface area contributed by atoms with Crippen molar-refractivity contribution in [1.29, 1.82) is 0 Å². The van der Waals surface area contributed by atoms with Crippen LogP contribution in [0, 0.1) is 11.8 Å². The monoisotopic (exact) mass is 318 g/mol. The van der Waals surface area contributed by atoms with Crippen LogP contribution in [0.3, 0.4) is 0 Å². The van der Waals surface area contributed by atoms with Gasteiger partial charge in [-0.15, -0.1) is 0 Å². The highest BCUT2D eigenvalue weighted by Crippen LogP contribution is 2.33. The Balaban J connectivity index is 1.89. The molecular weight excluding hydrogens is 296 g/mol. The molecule has 0 saturated carbocycles. The number of hydrogen-bond acceptors (Lipinski definition) is 2. The summed E-state index contributed by atoms with van der Waals surface area (Å²) in [4.78, 5) is 12.3. The molecule has 3 rings (SSSR count). The summed E-state index contributed by atoms with van der Waals surface area (Å²) in [6.45, 7) is 2.11. The van der Waals surface area contributed by atoms with Crippen LogP contribution in [0.25, 0.3) is 11.6 Å². The van der Waals surface area contributed by atoms with Crippen molar-refractivity contribution in [3.8, 4) is 0 Å². The predicted octanol–water partition coefficient (Wildman–Crippen LogP) is 4.76. The van der Waals surface area contributed by atoms with Gasteiger partial charge in [-0.05, 0) is 41.5 Å². The van der Waals surface area contributed by atoms with E-state index in [1.54, 1.807) is 0 Å². The van der Waals surface area contributed by atoms with Crippen molar-refractivity contribution in [2.24, 2.45) is 11.8 Å². The van der Waals surface area contributed by atoms with Gasteiger partial charge in [-0.3, -0.25) is 4.79 Å². The van der Waals surface area contributed by atoms with Crippen LogP contribution in [0.1, 0.15) is 23.6 Å². The molecule has 122 valence electrons. The normalized spacial score (nSPS) is 17.9. The first kappa shape index (κ1) is 16.3. The third kappa shape index (κ3) is 3.48. The third-order valence-corrected chi connectivity index (χ3v) is 4.59. The van der Waals surface area contributed by atoms with Crippen molar-refractivity contribution in [2.45, 2.75) is 13.3 Å². The van der Waals surface area contributed by atoms with E-state index in [1.807, 2.05) is 42.5 Å². The number of benzene rings is 2. The molecule has 24 heavy (non-hydrogen) atoms. The van der Waals surface area contributed by atoms with Crippen LogP contribution in [0.2, 0.25) is 0 Å². The van der Waals surface area contributed by atoms with Crippen LogP contribution < -0.4 is 0 Å². The van der Waals surface area contributed by atoms with E-state index >= 15 is 0 Å². The van der Waals surface area contributed by atoms with Gasteiger partial charge in [0.25, 0.3) is 0 Å². The Hall–Kier alpha value is -2.61. The summed E-state index contributed by atoms with van der Waals surface area (Å²) in [6, 6.07) is 18.4. The molecule has 0 fully saturated rings. The number of hydrogen-bond donors (Lipinski definition) is 0. The highest BCUT2D eigenvalue weighted by Gasteiger charge is 2.29. The maximum absolute atomic E-state index is 12.3. The Morgan fingerprint density at radius 2 is 1.83 bits per heavy atom. The number of carbonyl (C=O) groups excluding carboxylic acids is 1. The fourth-order valence-corrected chi connectivity index (χ4v) is 3.35. The van der Waals surface area contributed by atoms with E-state index in [0.29, 0.717) is 0 Å². The lowest BCUT2D eigenvalue weighted by atomic mass is 9.78. The number of allylic oxidation sites excluding steroid dienone is 2. The van der Waals surface area contributed by atoms with Gasteiger partial charge in [-0.25, -0.2) is 0 Å². The summed E-state index contributed by atoms with van der Waals surface area (Å²) in [5.74, 6) is -0.346. The van der Waals surface area contributed by atoms with Crippen molar-refractivity contribution in [2.75, 3.05) is 7.11 Å². The van der Waals surface area contributed by atoms with Gasteiger partial charge in [0.1, 0.15) is 0 Å². The molecule has 0 spiro atoms. The van der Waals surface area contributed by atoms with E-state index < -0.39 is 0 Å². The maximum Gasteiger partial charge on any atom is 0.313 e. The van der Waals surface area contributed by atoms with Gasteiger partial charge >= 0.3 is 5.97 Å². The van der Waals surface area contributed by atoms with Crippen LogP contribution in [0.4, 0.5) is 0 Å². The minimum atomic E-state index is -0.279. The average Bonchev–Trinajstić information content (AvgIpc) is 2.62. The summed E-state index contributed by atoms with van der Waals surface area (Å²) < 4.78 is 5.06. The number of carbonyl (C=O) groups is 1. The number of rotatable bonds is 4. The minimum absolute atomic E-state index is 0.118. The smallest absolute Gasteiger partial charge is 0.313 e. The highest BCUT2D eigenvalue weighted by molar-refractivity contribution is 5.78. The second-order valence-corrected chi connectivity index (χ2v) is 6.19. The zero-order valence-electron chi connectivity index (χ0n) is 14.1. The number of fused-ring (bicyclic) bond motifs is 1. The molecule has 0 aliphatic heterocycles. The van der Waals surface area contributed by atoms with Gasteiger partial charge in [-0.2, -0.15) is 0 Å². The summed E-state index contributed by atoms with van der Waals surface area (Å²) in [5, 5.41) is 0. The summed E-state index contributed by atoms with van der Waals surface area (Å²) in [7, 11) is 1.46. The molecule has 1 aliphatic carbocycles. The topological polar surface area (TPSA) is 26.3 Å². The predicted molar refractivity (Wildman–Crippen MR) is 98.3 cm³/mol. The molecule has 0 amide bonds. The molecule has 0 heterocycles. The van der Waals surface area contributed by atoms with Gasteiger partial charge in [0.15, 0.2) is 0 Å². The fourth-order valence-electron chi connectivity index (χ4n) is 3.35. The molecule has 2 heteroatoms. The number of methoxy groups -OCH3 is 1. The quantitative estimate of drug-likeness (QED) is 0.759. The van der Waals surface area contributed by atoms with E-state index in [-0.39, 0.29) is 17.8 Å². The zero-order valence-corrected chi connectivity index (χ0v) is 14.1.